The van der Waals surface area contributed by atoms with Crippen LogP contribution in [0.5, 0.6) is 0 Å². The van der Waals surface area contributed by atoms with Crippen molar-refractivity contribution >= 4 is 16.8 Å². The molecule has 0 spiro atoms. The fourth-order valence-corrected chi connectivity index (χ4v) is 4.18. The topological polar surface area (TPSA) is 42.4 Å². The molecule has 0 saturated carbocycles. The summed E-state index contributed by atoms with van der Waals surface area (Å²) in [5.41, 5.74) is 7.12. The number of carbonyl (C=O) groups excluding carboxylic acids is 1. The predicted molar refractivity (Wildman–Crippen MR) is 124 cm³/mol. The van der Waals surface area contributed by atoms with Crippen LogP contribution in [-0.2, 0) is 4.74 Å². The van der Waals surface area contributed by atoms with Gasteiger partial charge in [0.2, 0.25) is 0 Å². The van der Waals surface area contributed by atoms with Crippen molar-refractivity contribution < 1.29 is 9.53 Å². The van der Waals surface area contributed by atoms with Crippen molar-refractivity contribution in [2.75, 3.05) is 26.3 Å². The van der Waals surface area contributed by atoms with Gasteiger partial charge in [-0.1, -0.05) is 48.5 Å². The van der Waals surface area contributed by atoms with Crippen molar-refractivity contribution in [1.82, 2.24) is 9.88 Å². The molecule has 4 heteroatoms. The Morgan fingerprint density at radius 3 is 2.39 bits per heavy atom. The maximum atomic E-state index is 13.0. The van der Waals surface area contributed by atoms with Crippen molar-refractivity contribution in [3.05, 3.63) is 90.1 Å². The molecule has 3 aromatic carbocycles. The number of morpholine rings is 1. The molecule has 4 aromatic rings. The van der Waals surface area contributed by atoms with Gasteiger partial charge in [0.15, 0.2) is 0 Å². The van der Waals surface area contributed by atoms with Crippen LogP contribution in [-0.4, -0.2) is 42.1 Å². The highest BCUT2D eigenvalue weighted by Crippen LogP contribution is 2.32. The number of carbonyl (C=O) groups is 1. The van der Waals surface area contributed by atoms with E-state index in [1.165, 1.54) is 11.1 Å². The van der Waals surface area contributed by atoms with E-state index in [-0.39, 0.29) is 5.91 Å². The molecule has 0 aliphatic carbocycles. The van der Waals surface area contributed by atoms with E-state index >= 15 is 0 Å². The van der Waals surface area contributed by atoms with Gasteiger partial charge in [-0.05, 0) is 59.5 Å². The highest BCUT2D eigenvalue weighted by molar-refractivity contribution is 6.02. The largest absolute Gasteiger partial charge is 0.378 e. The minimum atomic E-state index is 0.0507. The van der Waals surface area contributed by atoms with Gasteiger partial charge in [0.05, 0.1) is 18.7 Å². The Morgan fingerprint density at radius 2 is 1.58 bits per heavy atom. The second kappa shape index (κ2) is 8.32. The number of ether oxygens (including phenoxy) is 1. The third-order valence-electron chi connectivity index (χ3n) is 5.76. The highest BCUT2D eigenvalue weighted by Gasteiger charge is 2.19. The van der Waals surface area contributed by atoms with E-state index in [1.54, 1.807) is 0 Å². The zero-order valence-electron chi connectivity index (χ0n) is 17.5. The highest BCUT2D eigenvalue weighted by atomic mass is 16.5. The number of nitrogens with zero attached hydrogens (tertiary/aromatic N) is 2. The third kappa shape index (κ3) is 3.94. The SMILES string of the molecule is Cc1cc(-c2cccc(-c3ccccc3)c2)c2cc(C(=O)N3CCOCC3)ccc2n1. The summed E-state index contributed by atoms with van der Waals surface area (Å²) in [5, 5.41) is 0.995. The first-order valence-electron chi connectivity index (χ1n) is 10.6. The number of hydrogen-bond donors (Lipinski definition) is 0. The zero-order valence-corrected chi connectivity index (χ0v) is 17.5. The van der Waals surface area contributed by atoms with Crippen LogP contribution >= 0.6 is 0 Å². The molecular formula is C27H24N2O2. The first kappa shape index (κ1) is 19.5. The number of hydrogen-bond acceptors (Lipinski definition) is 3. The number of aryl methyl sites for hydroxylation is 1. The molecule has 1 aliphatic rings. The van der Waals surface area contributed by atoms with E-state index in [0.29, 0.717) is 31.9 Å². The summed E-state index contributed by atoms with van der Waals surface area (Å²) in [7, 11) is 0. The lowest BCUT2D eigenvalue weighted by atomic mass is 9.95. The first-order chi connectivity index (χ1) is 15.2. The van der Waals surface area contributed by atoms with E-state index < -0.39 is 0 Å². The smallest absolute Gasteiger partial charge is 0.254 e. The van der Waals surface area contributed by atoms with Gasteiger partial charge >= 0.3 is 0 Å². The summed E-state index contributed by atoms with van der Waals surface area (Å²) in [5.74, 6) is 0.0507. The molecule has 2 heterocycles. The first-order valence-corrected chi connectivity index (χ1v) is 10.6. The number of aromatic nitrogens is 1. The summed E-state index contributed by atoms with van der Waals surface area (Å²) in [6.45, 7) is 4.47. The van der Waals surface area contributed by atoms with Gasteiger partial charge in [-0.15, -0.1) is 0 Å². The van der Waals surface area contributed by atoms with Crippen molar-refractivity contribution in [3.63, 3.8) is 0 Å². The van der Waals surface area contributed by atoms with Crippen molar-refractivity contribution in [3.8, 4) is 22.3 Å². The van der Waals surface area contributed by atoms with Gasteiger partial charge in [-0.2, -0.15) is 0 Å². The lowest BCUT2D eigenvalue weighted by Gasteiger charge is -2.27. The number of fused-ring (bicyclic) bond motifs is 1. The van der Waals surface area contributed by atoms with E-state index in [0.717, 1.165) is 27.7 Å². The molecule has 0 bridgehead atoms. The average molecular weight is 409 g/mol. The summed E-state index contributed by atoms with van der Waals surface area (Å²) in [6, 6.07) is 26.9. The van der Waals surface area contributed by atoms with Gasteiger partial charge in [-0.3, -0.25) is 9.78 Å². The maximum Gasteiger partial charge on any atom is 0.254 e. The van der Waals surface area contributed by atoms with Crippen LogP contribution in [0.1, 0.15) is 16.1 Å². The molecule has 0 atom stereocenters. The quantitative estimate of drug-likeness (QED) is 0.459. The number of amides is 1. The van der Waals surface area contributed by atoms with E-state index in [9.17, 15) is 4.79 Å². The monoisotopic (exact) mass is 408 g/mol. The molecule has 1 aromatic heterocycles. The van der Waals surface area contributed by atoms with Crippen molar-refractivity contribution in [2.45, 2.75) is 6.92 Å². The lowest BCUT2D eigenvalue weighted by molar-refractivity contribution is 0.0303. The van der Waals surface area contributed by atoms with E-state index in [4.69, 9.17) is 9.72 Å². The zero-order chi connectivity index (χ0) is 21.2. The standard InChI is InChI=1S/C27H24N2O2/c1-19-16-24(22-9-5-8-21(17-22)20-6-3-2-4-7-20)25-18-23(10-11-26(25)28-19)27(30)29-12-14-31-15-13-29/h2-11,16-18H,12-15H2,1H3. The van der Waals surface area contributed by atoms with Crippen LogP contribution in [0.4, 0.5) is 0 Å². The van der Waals surface area contributed by atoms with Crippen LogP contribution in [0.3, 0.4) is 0 Å². The summed E-state index contributed by atoms with van der Waals surface area (Å²) < 4.78 is 5.39. The van der Waals surface area contributed by atoms with Crippen LogP contribution < -0.4 is 0 Å². The van der Waals surface area contributed by atoms with Gasteiger partial charge in [0.1, 0.15) is 0 Å². The molecule has 4 nitrogen and oxygen atoms in total. The van der Waals surface area contributed by atoms with Crippen LogP contribution in [0.2, 0.25) is 0 Å². The molecule has 31 heavy (non-hydrogen) atoms. The number of rotatable bonds is 3. The Kier molecular flexibility index (Phi) is 5.23. The molecule has 154 valence electrons. The second-order valence-corrected chi connectivity index (χ2v) is 7.89. The normalized spacial score (nSPS) is 14.0. The Labute approximate surface area is 182 Å². The van der Waals surface area contributed by atoms with Crippen molar-refractivity contribution in [2.24, 2.45) is 0 Å². The second-order valence-electron chi connectivity index (χ2n) is 7.89. The Bertz CT molecular complexity index is 1240. The van der Waals surface area contributed by atoms with Crippen LogP contribution in [0.15, 0.2) is 78.9 Å². The molecule has 1 amide bonds. The lowest BCUT2D eigenvalue weighted by Crippen LogP contribution is -2.40. The fraction of sp³-hybridized carbons (Fsp3) is 0.185. The number of benzene rings is 3. The molecule has 1 fully saturated rings. The molecule has 0 unspecified atom stereocenters. The molecule has 0 N–H and O–H groups in total. The summed E-state index contributed by atoms with van der Waals surface area (Å²) in [6.07, 6.45) is 0. The Morgan fingerprint density at radius 1 is 0.839 bits per heavy atom. The Hall–Kier alpha value is -3.50. The molecule has 0 radical (unpaired) electrons. The molecule has 1 aliphatic heterocycles. The number of pyridine rings is 1. The summed E-state index contributed by atoms with van der Waals surface area (Å²) in [4.78, 5) is 19.6. The van der Waals surface area contributed by atoms with Crippen LogP contribution in [0, 0.1) is 6.92 Å². The Balaban J connectivity index is 1.60. The van der Waals surface area contributed by atoms with Gasteiger partial charge < -0.3 is 9.64 Å². The molecule has 1 saturated heterocycles. The minimum absolute atomic E-state index is 0.0507. The predicted octanol–water partition coefficient (Wildman–Crippen LogP) is 5.35. The third-order valence-corrected chi connectivity index (χ3v) is 5.76. The minimum Gasteiger partial charge on any atom is -0.378 e. The van der Waals surface area contributed by atoms with Gasteiger partial charge in [0.25, 0.3) is 5.91 Å². The maximum absolute atomic E-state index is 13.0. The molecular weight excluding hydrogens is 384 g/mol. The van der Waals surface area contributed by atoms with Crippen LogP contribution in [0.25, 0.3) is 33.2 Å². The van der Waals surface area contributed by atoms with Gasteiger partial charge in [0, 0.05) is 29.7 Å². The van der Waals surface area contributed by atoms with E-state index in [1.807, 2.05) is 36.1 Å². The average Bonchev–Trinajstić information content (AvgIpc) is 2.84. The molecule has 5 rings (SSSR count). The fourth-order valence-electron chi connectivity index (χ4n) is 4.18. The van der Waals surface area contributed by atoms with Gasteiger partial charge in [-0.25, -0.2) is 0 Å². The van der Waals surface area contributed by atoms with Crippen molar-refractivity contribution in [1.29, 1.82) is 0 Å². The summed E-state index contributed by atoms with van der Waals surface area (Å²) >= 11 is 0. The van der Waals surface area contributed by atoms with E-state index in [2.05, 4.69) is 54.6 Å².